The molecule has 0 aliphatic carbocycles. The number of hydrogen-bond acceptors (Lipinski definition) is 30. The maximum Gasteiger partial charge on any atom is 0.254 e. The smallest absolute Gasteiger partial charge is 0.254 e. The number of carbonyl (C=O) groups excluding carboxylic acids is 2. The Bertz CT molecular complexity index is 2930. The average Bonchev–Trinajstić information content (AvgIpc) is 0.813. The number of ether oxygens (including phenoxy) is 8. The summed E-state index contributed by atoms with van der Waals surface area (Å²) in [6.45, 7) is 38.2. The lowest BCUT2D eigenvalue weighted by molar-refractivity contribution is -0.182. The fourth-order valence-corrected chi connectivity index (χ4v) is 12.5. The number of ketones is 1. The standard InChI is InChI=1S/C83H125N25O10/c1-96-37-61-105(49-13-33-92)55-19-67-113-76-83(118-72-24-60-108(52-16-36-95)64-40-99-4,77-114-68-20-56-106(50-14-34-93)62-38-97-2)100-81(110)80(116-70-21-57-103(45-9-29-88)46-10-30-89)79(115-69-22-58-107(51-15-35-94)63-39-98-3)78(109)73-82(117-71-23-59-104(47-11-31-90)48-12-32-91,74-111-65-17-53-101(41-5-25-84)42-6-26-85)75-112-66-18-54-102(43-7-27-86)44-8-28-87/h79-80H,5-24,37-77H2,(H,100,110). The van der Waals surface area contributed by atoms with Crippen molar-refractivity contribution in [2.24, 2.45) is 0 Å². The molecule has 1 amide bonds. The molecule has 0 heterocycles. The lowest BCUT2D eigenvalue weighted by Crippen LogP contribution is -2.62. The highest BCUT2D eigenvalue weighted by atomic mass is 16.6. The second-order valence-corrected chi connectivity index (χ2v) is 27.8. The molecule has 118 heavy (non-hydrogen) atoms. The van der Waals surface area contributed by atoms with Gasteiger partial charge in [0.05, 0.1) is 132 Å². The molecular formula is C83H125N25O10. The zero-order valence-electron chi connectivity index (χ0n) is 69.6. The van der Waals surface area contributed by atoms with E-state index in [0.29, 0.717) is 189 Å². The van der Waals surface area contributed by atoms with Crippen molar-refractivity contribution in [1.29, 1.82) is 63.1 Å². The Labute approximate surface area is 703 Å². The molecule has 0 saturated carbocycles. The van der Waals surface area contributed by atoms with E-state index in [2.05, 4.69) is 97.5 Å². The number of nitriles is 12. The first-order chi connectivity index (χ1) is 57.7. The molecule has 0 aromatic rings. The van der Waals surface area contributed by atoms with E-state index in [1.54, 1.807) is 0 Å². The van der Waals surface area contributed by atoms with Crippen LogP contribution in [0.1, 0.15) is 135 Å². The third-order valence-electron chi connectivity index (χ3n) is 18.6. The highest BCUT2D eigenvalue weighted by Crippen LogP contribution is 2.25. The quantitative estimate of drug-likeness (QED) is 0.0383. The van der Waals surface area contributed by atoms with Crippen molar-refractivity contribution in [2.75, 3.05) is 263 Å². The maximum absolute atomic E-state index is 16.6. The van der Waals surface area contributed by atoms with Gasteiger partial charge in [0.15, 0.2) is 23.7 Å². The predicted molar refractivity (Wildman–Crippen MR) is 435 cm³/mol. The second kappa shape index (κ2) is 78.5. The average molecular weight is 1630 g/mol. The SMILES string of the molecule is [C-]#[N+]CCN(CCC#N)CCCOCC(COCCCN(CCC#N)CC[N+]#[C-])(NC(=O)C(OCCCN(CCC#N)CCC#N)C(OCCCN(CCC#N)CC[N+]#[C-])C(=O)CC(COCCCN(CCC#N)CCC#N)(COCCCN(CCC#N)CCC#N)OCCCN(CCC#N)CCC#N)OCCCN(CCC#N)CC[N+]#[C-]. The molecule has 0 bridgehead atoms. The second-order valence-electron chi connectivity index (χ2n) is 27.8. The minimum absolute atomic E-state index is 0.0295. The van der Waals surface area contributed by atoms with Gasteiger partial charge in [-0.25, -0.2) is 26.3 Å². The van der Waals surface area contributed by atoms with Crippen LogP contribution in [0.3, 0.4) is 0 Å². The van der Waals surface area contributed by atoms with Crippen molar-refractivity contribution in [3.63, 3.8) is 0 Å². The van der Waals surface area contributed by atoms with Crippen LogP contribution in [-0.4, -0.2) is 337 Å². The van der Waals surface area contributed by atoms with Crippen molar-refractivity contribution in [3.05, 3.63) is 45.7 Å². The summed E-state index contributed by atoms with van der Waals surface area (Å²) in [5.74, 6) is -1.65. The topological polar surface area (TPSA) is 449 Å². The third kappa shape index (κ3) is 58.2. The minimum atomic E-state index is -1.93. The molecule has 2 atom stereocenters. The van der Waals surface area contributed by atoms with Gasteiger partial charge in [-0.15, -0.1) is 0 Å². The number of nitrogens with one attached hydrogen (secondary N) is 1. The van der Waals surface area contributed by atoms with Crippen LogP contribution in [0.5, 0.6) is 0 Å². The molecule has 0 aliphatic heterocycles. The molecule has 0 rings (SSSR count). The van der Waals surface area contributed by atoms with Gasteiger partial charge in [0.2, 0.25) is 26.2 Å². The first-order valence-electron chi connectivity index (χ1n) is 41.0. The van der Waals surface area contributed by atoms with Crippen LogP contribution in [0.15, 0.2) is 0 Å². The predicted octanol–water partition coefficient (Wildman–Crippen LogP) is 6.55. The summed E-state index contributed by atoms with van der Waals surface area (Å²) in [5, 5.41) is 118. The van der Waals surface area contributed by atoms with Crippen molar-refractivity contribution < 1.29 is 47.5 Å². The van der Waals surface area contributed by atoms with E-state index < -0.39 is 41.6 Å². The molecule has 0 radical (unpaired) electrons. The zero-order chi connectivity index (χ0) is 86.7. The van der Waals surface area contributed by atoms with Gasteiger partial charge >= 0.3 is 0 Å². The molecule has 0 spiro atoms. The molecule has 35 heteroatoms. The lowest BCUT2D eigenvalue weighted by atomic mass is 9.93. The molecule has 0 saturated heterocycles. The Balaban J connectivity index is 9.32. The van der Waals surface area contributed by atoms with E-state index in [1.165, 1.54) is 0 Å². The molecule has 0 aromatic heterocycles. The number of Topliss-reactive ketones (excluding diaryl/α,β-unsaturated/α-hetero) is 1. The number of carbonyl (C=O) groups is 2. The van der Waals surface area contributed by atoms with Gasteiger partial charge in [0, 0.05) is 261 Å². The van der Waals surface area contributed by atoms with Crippen LogP contribution >= 0.6 is 0 Å². The van der Waals surface area contributed by atoms with Crippen molar-refractivity contribution >= 4 is 11.7 Å². The largest absolute Gasteiger partial charge is 0.378 e. The molecule has 0 aliphatic rings. The van der Waals surface area contributed by atoms with Gasteiger partial charge in [-0.1, -0.05) is 0 Å². The van der Waals surface area contributed by atoms with Crippen LogP contribution in [0.25, 0.3) is 19.4 Å². The van der Waals surface area contributed by atoms with Crippen molar-refractivity contribution in [3.8, 4) is 72.8 Å². The van der Waals surface area contributed by atoms with E-state index in [-0.39, 0.29) is 202 Å². The Hall–Kier alpha value is -9.66. The van der Waals surface area contributed by atoms with Gasteiger partial charge in [-0.2, -0.15) is 63.1 Å². The van der Waals surface area contributed by atoms with Crippen LogP contribution in [0.2, 0.25) is 0 Å². The van der Waals surface area contributed by atoms with Crippen LogP contribution in [0, 0.1) is 162 Å². The monoisotopic (exact) mass is 1630 g/mol. The van der Waals surface area contributed by atoms with E-state index in [4.69, 9.17) is 64.2 Å². The minimum Gasteiger partial charge on any atom is -0.378 e. The Morgan fingerprint density at radius 3 is 0.763 bits per heavy atom. The summed E-state index contributed by atoms with van der Waals surface area (Å²) < 4.78 is 53.9. The molecule has 642 valence electrons. The van der Waals surface area contributed by atoms with Crippen molar-refractivity contribution in [2.45, 2.75) is 158 Å². The van der Waals surface area contributed by atoms with Crippen LogP contribution in [0.4, 0.5) is 0 Å². The summed E-state index contributed by atoms with van der Waals surface area (Å²) in [7, 11) is 0. The Morgan fingerprint density at radius 1 is 0.288 bits per heavy atom. The van der Waals surface area contributed by atoms with E-state index in [1.807, 2.05) is 39.2 Å². The normalized spacial score (nSPS) is 11.7. The van der Waals surface area contributed by atoms with Gasteiger partial charge in [-0.3, -0.25) is 29.2 Å². The highest BCUT2D eigenvalue weighted by molar-refractivity contribution is 5.93. The summed E-state index contributed by atoms with van der Waals surface area (Å²) >= 11 is 0. The van der Waals surface area contributed by atoms with Gasteiger partial charge in [0.25, 0.3) is 5.91 Å². The fourth-order valence-electron chi connectivity index (χ4n) is 12.5. The lowest BCUT2D eigenvalue weighted by Gasteiger charge is -2.38. The molecule has 1 N–H and O–H groups in total. The van der Waals surface area contributed by atoms with E-state index >= 15 is 9.59 Å². The number of rotatable bonds is 82. The molecule has 0 aromatic carbocycles. The summed E-state index contributed by atoms with van der Waals surface area (Å²) in [6, 6.07) is 26.0. The summed E-state index contributed by atoms with van der Waals surface area (Å²) in [6.07, 6.45) is 0.739. The van der Waals surface area contributed by atoms with E-state index in [0.717, 1.165) is 0 Å². The van der Waals surface area contributed by atoms with Gasteiger partial charge in [-0.05, 0) is 51.4 Å². The Morgan fingerprint density at radius 2 is 0.508 bits per heavy atom. The zero-order valence-corrected chi connectivity index (χ0v) is 69.6. The van der Waals surface area contributed by atoms with Crippen LogP contribution < -0.4 is 5.32 Å². The first-order valence-corrected chi connectivity index (χ1v) is 41.0. The third-order valence-corrected chi connectivity index (χ3v) is 18.6. The number of hydrogen-bond donors (Lipinski definition) is 1. The van der Waals surface area contributed by atoms with E-state index in [9.17, 15) is 63.1 Å². The number of nitrogens with zero attached hydrogens (tertiary/aromatic N) is 24. The highest BCUT2D eigenvalue weighted by Gasteiger charge is 2.45. The number of amides is 1. The molecule has 35 nitrogen and oxygen atoms in total. The van der Waals surface area contributed by atoms with Gasteiger partial charge in [0.1, 0.15) is 5.60 Å². The molecular weight excluding hydrogens is 1510 g/mol. The van der Waals surface area contributed by atoms with Crippen molar-refractivity contribution in [1.82, 2.24) is 44.5 Å². The first kappa shape index (κ1) is 108. The molecule has 2 unspecified atom stereocenters. The maximum atomic E-state index is 16.6. The van der Waals surface area contributed by atoms with Gasteiger partial charge < -0.3 is 82.2 Å². The van der Waals surface area contributed by atoms with Crippen LogP contribution in [-0.2, 0) is 47.5 Å². The summed E-state index contributed by atoms with van der Waals surface area (Å²) in [5.41, 5.74) is -3.63. The molecule has 0 fully saturated rings. The summed E-state index contributed by atoms with van der Waals surface area (Å²) in [4.78, 5) is 62.9. The Kier molecular flexibility index (Phi) is 72.1. The fraction of sp³-hybridized carbons (Fsp3) is 0.783.